The second kappa shape index (κ2) is 5.80. The molecule has 20 heavy (non-hydrogen) atoms. The molecular weight excluding hydrogens is 264 g/mol. The van der Waals surface area contributed by atoms with E-state index >= 15 is 0 Å². The SMILES string of the molecule is CC=[NH+]C(=Nc1ccccc1)c1cc2ccccc2s1. The standard InChI is InChI=1S/C17H14N2S/c1-2-18-17(19-14-9-4-3-5-10-14)16-12-13-8-6-7-11-15(13)20-16/h2-12H,1H3/p+1. The highest BCUT2D eigenvalue weighted by atomic mass is 32.1. The molecule has 3 aromatic rings. The third-order valence-electron chi connectivity index (χ3n) is 2.94. The maximum atomic E-state index is 4.70. The zero-order valence-electron chi connectivity index (χ0n) is 11.2. The van der Waals surface area contributed by atoms with Crippen LogP contribution >= 0.6 is 11.3 Å². The summed E-state index contributed by atoms with van der Waals surface area (Å²) in [5.74, 6) is 0.889. The molecule has 3 rings (SSSR count). The molecule has 0 amide bonds. The Hall–Kier alpha value is -2.26. The molecule has 1 N–H and O–H groups in total. The number of hydrogen-bond acceptors (Lipinski definition) is 2. The van der Waals surface area contributed by atoms with Crippen molar-refractivity contribution in [1.29, 1.82) is 0 Å². The zero-order valence-corrected chi connectivity index (χ0v) is 12.0. The van der Waals surface area contributed by atoms with E-state index in [1.807, 2.05) is 43.5 Å². The Morgan fingerprint density at radius 2 is 1.80 bits per heavy atom. The Bertz CT molecular complexity index is 737. The molecule has 0 unspecified atom stereocenters. The summed E-state index contributed by atoms with van der Waals surface area (Å²) in [6.07, 6.45) is 1.91. The lowest BCUT2D eigenvalue weighted by Crippen LogP contribution is -2.73. The van der Waals surface area contributed by atoms with E-state index in [2.05, 4.69) is 35.3 Å². The number of aliphatic imine (C=N–C) groups is 1. The minimum Gasteiger partial charge on any atom is -0.247 e. The van der Waals surface area contributed by atoms with Crippen molar-refractivity contribution in [2.75, 3.05) is 0 Å². The van der Waals surface area contributed by atoms with E-state index < -0.39 is 0 Å². The van der Waals surface area contributed by atoms with Crippen LogP contribution in [0.1, 0.15) is 11.8 Å². The maximum Gasteiger partial charge on any atom is 0.338 e. The van der Waals surface area contributed by atoms with Gasteiger partial charge in [-0.2, -0.15) is 0 Å². The summed E-state index contributed by atoms with van der Waals surface area (Å²) in [4.78, 5) is 9.09. The van der Waals surface area contributed by atoms with Gasteiger partial charge in [0.1, 0.15) is 4.88 Å². The first-order valence-electron chi connectivity index (χ1n) is 6.54. The molecule has 0 aliphatic heterocycles. The number of benzene rings is 2. The van der Waals surface area contributed by atoms with Gasteiger partial charge in [-0.05, 0) is 41.6 Å². The molecule has 0 spiro atoms. The lowest BCUT2D eigenvalue weighted by Gasteiger charge is -1.89. The fourth-order valence-electron chi connectivity index (χ4n) is 2.03. The highest BCUT2D eigenvalue weighted by molar-refractivity contribution is 7.20. The van der Waals surface area contributed by atoms with Crippen LogP contribution in [0.2, 0.25) is 0 Å². The second-order valence-electron chi connectivity index (χ2n) is 4.38. The predicted octanol–water partition coefficient (Wildman–Crippen LogP) is 3.15. The molecule has 3 heteroatoms. The highest BCUT2D eigenvalue weighted by Gasteiger charge is 2.13. The quantitative estimate of drug-likeness (QED) is 0.551. The van der Waals surface area contributed by atoms with Crippen molar-refractivity contribution in [2.45, 2.75) is 6.92 Å². The topological polar surface area (TPSA) is 26.3 Å². The summed E-state index contributed by atoms with van der Waals surface area (Å²) in [5.41, 5.74) is 0.953. The third-order valence-corrected chi connectivity index (χ3v) is 4.06. The number of rotatable bonds is 2. The number of nitrogens with zero attached hydrogens (tertiary/aromatic N) is 1. The average Bonchev–Trinajstić information content (AvgIpc) is 2.92. The summed E-state index contributed by atoms with van der Waals surface area (Å²) < 4.78 is 1.28. The fourth-order valence-corrected chi connectivity index (χ4v) is 3.04. The van der Waals surface area contributed by atoms with Gasteiger partial charge >= 0.3 is 5.84 Å². The molecule has 1 heterocycles. The number of hydrogen-bond donors (Lipinski definition) is 1. The molecular formula is C17H15N2S+. The molecule has 2 aromatic carbocycles. The van der Waals surface area contributed by atoms with Crippen LogP contribution in [0.4, 0.5) is 5.69 Å². The van der Waals surface area contributed by atoms with Crippen LogP contribution < -0.4 is 4.99 Å². The lowest BCUT2D eigenvalue weighted by atomic mass is 10.2. The van der Waals surface area contributed by atoms with Crippen LogP contribution in [0.25, 0.3) is 10.1 Å². The first kappa shape index (κ1) is 12.8. The maximum absolute atomic E-state index is 4.70. The smallest absolute Gasteiger partial charge is 0.247 e. The summed E-state index contributed by atoms with van der Waals surface area (Å²) >= 11 is 1.75. The third kappa shape index (κ3) is 2.68. The van der Waals surface area contributed by atoms with Crippen molar-refractivity contribution >= 4 is 39.2 Å². The Morgan fingerprint density at radius 1 is 1.05 bits per heavy atom. The predicted molar refractivity (Wildman–Crippen MR) is 87.2 cm³/mol. The number of nitrogens with one attached hydrogen (secondary N) is 1. The molecule has 0 aliphatic rings. The van der Waals surface area contributed by atoms with Gasteiger partial charge < -0.3 is 0 Å². The van der Waals surface area contributed by atoms with Gasteiger partial charge in [-0.15, -0.1) is 11.3 Å². The van der Waals surface area contributed by atoms with E-state index in [-0.39, 0.29) is 0 Å². The molecule has 1 aromatic heterocycles. The van der Waals surface area contributed by atoms with E-state index in [1.165, 1.54) is 10.1 Å². The van der Waals surface area contributed by atoms with Crippen molar-refractivity contribution in [3.63, 3.8) is 0 Å². The van der Waals surface area contributed by atoms with Crippen LogP contribution in [0.15, 0.2) is 65.7 Å². The van der Waals surface area contributed by atoms with Gasteiger partial charge in [0, 0.05) is 4.70 Å². The second-order valence-corrected chi connectivity index (χ2v) is 5.46. The van der Waals surface area contributed by atoms with E-state index in [0.717, 1.165) is 16.4 Å². The summed E-state index contributed by atoms with van der Waals surface area (Å²) in [6.45, 7) is 1.97. The van der Waals surface area contributed by atoms with Crippen LogP contribution in [0.5, 0.6) is 0 Å². The largest absolute Gasteiger partial charge is 0.338 e. The van der Waals surface area contributed by atoms with Crippen molar-refractivity contribution in [2.24, 2.45) is 4.99 Å². The van der Waals surface area contributed by atoms with Gasteiger partial charge in [0.05, 0.1) is 6.21 Å². The number of thiophene rings is 1. The fraction of sp³-hybridized carbons (Fsp3) is 0.0588. The van der Waals surface area contributed by atoms with Gasteiger partial charge in [-0.1, -0.05) is 36.4 Å². The lowest BCUT2D eigenvalue weighted by molar-refractivity contribution is -0.308. The minimum atomic E-state index is 0.889. The van der Waals surface area contributed by atoms with E-state index in [0.29, 0.717) is 0 Å². The molecule has 0 bridgehead atoms. The Balaban J connectivity index is 2.08. The molecule has 2 nitrogen and oxygen atoms in total. The van der Waals surface area contributed by atoms with E-state index in [1.54, 1.807) is 11.3 Å². The number of fused-ring (bicyclic) bond motifs is 1. The van der Waals surface area contributed by atoms with Crippen LogP contribution in [-0.2, 0) is 0 Å². The van der Waals surface area contributed by atoms with Crippen molar-refractivity contribution in [3.8, 4) is 0 Å². The molecule has 0 saturated heterocycles. The van der Waals surface area contributed by atoms with E-state index in [4.69, 9.17) is 4.99 Å². The monoisotopic (exact) mass is 279 g/mol. The molecule has 98 valence electrons. The summed E-state index contributed by atoms with van der Waals surface area (Å²) in [7, 11) is 0. The van der Waals surface area contributed by atoms with Crippen LogP contribution in [0, 0.1) is 0 Å². The van der Waals surface area contributed by atoms with Gasteiger partial charge in [0.15, 0.2) is 5.69 Å². The molecule has 0 radical (unpaired) electrons. The van der Waals surface area contributed by atoms with Crippen molar-refractivity contribution < 1.29 is 4.99 Å². The zero-order chi connectivity index (χ0) is 13.8. The Morgan fingerprint density at radius 3 is 2.55 bits per heavy atom. The minimum absolute atomic E-state index is 0.889. The summed E-state index contributed by atoms with van der Waals surface area (Å²) in [5, 5.41) is 1.26. The molecule has 0 atom stereocenters. The van der Waals surface area contributed by atoms with Gasteiger partial charge in [-0.3, -0.25) is 0 Å². The van der Waals surface area contributed by atoms with E-state index in [9.17, 15) is 0 Å². The van der Waals surface area contributed by atoms with Crippen molar-refractivity contribution in [3.05, 3.63) is 65.5 Å². The first-order chi connectivity index (χ1) is 9.86. The average molecular weight is 279 g/mol. The van der Waals surface area contributed by atoms with Gasteiger partial charge in [0.25, 0.3) is 0 Å². The Kier molecular flexibility index (Phi) is 3.70. The van der Waals surface area contributed by atoms with Gasteiger partial charge in [-0.25, -0.2) is 4.99 Å². The molecule has 0 aliphatic carbocycles. The number of para-hydroxylation sites is 1. The van der Waals surface area contributed by atoms with Crippen molar-refractivity contribution in [1.82, 2.24) is 0 Å². The van der Waals surface area contributed by atoms with Gasteiger partial charge in [0.2, 0.25) is 0 Å². The molecule has 0 fully saturated rings. The van der Waals surface area contributed by atoms with Crippen LogP contribution in [-0.4, -0.2) is 12.1 Å². The highest BCUT2D eigenvalue weighted by Crippen LogP contribution is 2.25. The molecule has 0 saturated carbocycles. The van der Waals surface area contributed by atoms with Crippen LogP contribution in [0.3, 0.4) is 0 Å². The number of amidine groups is 1. The first-order valence-corrected chi connectivity index (χ1v) is 7.35. The summed E-state index contributed by atoms with van der Waals surface area (Å²) in [6, 6.07) is 20.6. The Labute approximate surface area is 122 Å². The normalized spacial score (nSPS) is 12.3.